The first-order chi connectivity index (χ1) is 9.15. The van der Waals surface area contributed by atoms with E-state index in [4.69, 9.17) is 4.52 Å². The standard InChI is InChI=1S/C13H16N4O2.ClH/c1-8-7-17(4-3-14-8)13(18)10-5-11-9(2)16-19-12(11)15-6-10;/h5-6,8,14H,3-4,7H2,1-2H3;1H. The molecule has 108 valence electrons. The number of aromatic nitrogens is 2. The summed E-state index contributed by atoms with van der Waals surface area (Å²) >= 11 is 0. The zero-order valence-electron chi connectivity index (χ0n) is 11.4. The summed E-state index contributed by atoms with van der Waals surface area (Å²) in [6, 6.07) is 2.13. The van der Waals surface area contributed by atoms with E-state index < -0.39 is 0 Å². The minimum atomic E-state index is 0. The van der Waals surface area contributed by atoms with Gasteiger partial charge in [0.1, 0.15) is 0 Å². The lowest BCUT2D eigenvalue weighted by atomic mass is 10.1. The van der Waals surface area contributed by atoms with Gasteiger partial charge in [-0.25, -0.2) is 4.98 Å². The number of carbonyl (C=O) groups is 1. The van der Waals surface area contributed by atoms with Crippen LogP contribution in [0.15, 0.2) is 16.8 Å². The average molecular weight is 297 g/mol. The van der Waals surface area contributed by atoms with E-state index >= 15 is 0 Å². The molecule has 1 fully saturated rings. The third-order valence-electron chi connectivity index (χ3n) is 3.41. The van der Waals surface area contributed by atoms with Gasteiger partial charge < -0.3 is 14.7 Å². The van der Waals surface area contributed by atoms with Gasteiger partial charge in [0, 0.05) is 31.9 Å². The molecule has 1 aliphatic rings. The number of piperazine rings is 1. The second-order valence-corrected chi connectivity index (χ2v) is 4.95. The fraction of sp³-hybridized carbons (Fsp3) is 0.462. The molecular formula is C13H17ClN4O2. The summed E-state index contributed by atoms with van der Waals surface area (Å²) in [5.74, 6) is 0.0170. The minimum Gasteiger partial charge on any atom is -0.336 e. The normalized spacial score (nSPS) is 18.9. The lowest BCUT2D eigenvalue weighted by Gasteiger charge is -2.31. The molecule has 1 N–H and O–H groups in total. The van der Waals surface area contributed by atoms with Gasteiger partial charge in [-0.05, 0) is 19.9 Å². The Labute approximate surface area is 122 Å². The van der Waals surface area contributed by atoms with Crippen LogP contribution in [0.2, 0.25) is 0 Å². The molecular weight excluding hydrogens is 280 g/mol. The molecule has 2 aromatic heterocycles. The van der Waals surface area contributed by atoms with E-state index in [1.165, 1.54) is 0 Å². The van der Waals surface area contributed by atoms with Crippen molar-refractivity contribution >= 4 is 29.4 Å². The number of pyridine rings is 1. The molecule has 0 aliphatic carbocycles. The Hall–Kier alpha value is -1.66. The van der Waals surface area contributed by atoms with Crippen LogP contribution in [0.25, 0.3) is 11.1 Å². The fourth-order valence-corrected chi connectivity index (χ4v) is 2.36. The third kappa shape index (κ3) is 2.62. The van der Waals surface area contributed by atoms with Gasteiger partial charge in [0.15, 0.2) is 0 Å². The molecule has 20 heavy (non-hydrogen) atoms. The van der Waals surface area contributed by atoms with Gasteiger partial charge in [-0.2, -0.15) is 0 Å². The molecule has 1 amide bonds. The molecule has 1 aliphatic heterocycles. The van der Waals surface area contributed by atoms with Gasteiger partial charge in [0.25, 0.3) is 11.6 Å². The summed E-state index contributed by atoms with van der Waals surface area (Å²) < 4.78 is 5.05. The van der Waals surface area contributed by atoms with Crippen molar-refractivity contribution in [1.29, 1.82) is 0 Å². The first-order valence-electron chi connectivity index (χ1n) is 6.40. The number of nitrogens with one attached hydrogen (secondary N) is 1. The van der Waals surface area contributed by atoms with Crippen LogP contribution in [-0.4, -0.2) is 46.6 Å². The Kier molecular flexibility index (Phi) is 4.25. The molecule has 7 heteroatoms. The number of hydrogen-bond donors (Lipinski definition) is 1. The van der Waals surface area contributed by atoms with Crippen molar-refractivity contribution in [1.82, 2.24) is 20.4 Å². The van der Waals surface area contributed by atoms with E-state index in [1.807, 2.05) is 17.9 Å². The summed E-state index contributed by atoms with van der Waals surface area (Å²) in [6.07, 6.45) is 1.56. The van der Waals surface area contributed by atoms with Crippen LogP contribution < -0.4 is 5.32 Å². The molecule has 0 saturated carbocycles. The Morgan fingerprint density at radius 1 is 1.55 bits per heavy atom. The molecule has 1 saturated heterocycles. The molecule has 2 aromatic rings. The Balaban J connectivity index is 0.00000147. The molecule has 0 radical (unpaired) electrons. The molecule has 6 nitrogen and oxygen atoms in total. The molecule has 3 heterocycles. The number of rotatable bonds is 1. The average Bonchev–Trinajstić information content (AvgIpc) is 2.79. The van der Waals surface area contributed by atoms with Crippen molar-refractivity contribution in [3.8, 4) is 0 Å². The highest BCUT2D eigenvalue weighted by Gasteiger charge is 2.22. The number of amides is 1. The summed E-state index contributed by atoms with van der Waals surface area (Å²) in [4.78, 5) is 18.4. The molecule has 1 atom stereocenters. The van der Waals surface area contributed by atoms with Crippen LogP contribution in [0, 0.1) is 6.92 Å². The van der Waals surface area contributed by atoms with E-state index in [-0.39, 0.29) is 18.3 Å². The molecule has 0 bridgehead atoms. The SMILES string of the molecule is Cc1noc2ncc(C(=O)N3CCNC(C)C3)cc12.Cl. The molecule has 3 rings (SSSR count). The number of carbonyl (C=O) groups excluding carboxylic acids is 1. The quantitative estimate of drug-likeness (QED) is 0.861. The Morgan fingerprint density at radius 2 is 2.35 bits per heavy atom. The first-order valence-corrected chi connectivity index (χ1v) is 6.40. The lowest BCUT2D eigenvalue weighted by molar-refractivity contribution is 0.0709. The number of fused-ring (bicyclic) bond motifs is 1. The maximum absolute atomic E-state index is 12.4. The summed E-state index contributed by atoms with van der Waals surface area (Å²) in [6.45, 7) is 6.19. The van der Waals surface area contributed by atoms with E-state index in [2.05, 4.69) is 22.4 Å². The molecule has 0 aromatic carbocycles. The summed E-state index contributed by atoms with van der Waals surface area (Å²) in [5, 5.41) is 7.97. The van der Waals surface area contributed by atoms with Gasteiger partial charge in [0.2, 0.25) is 0 Å². The van der Waals surface area contributed by atoms with Crippen molar-refractivity contribution in [3.63, 3.8) is 0 Å². The van der Waals surface area contributed by atoms with Crippen LogP contribution in [0.4, 0.5) is 0 Å². The van der Waals surface area contributed by atoms with E-state index in [0.717, 1.165) is 30.7 Å². The first kappa shape index (κ1) is 14.7. The van der Waals surface area contributed by atoms with Crippen LogP contribution in [-0.2, 0) is 0 Å². The highest BCUT2D eigenvalue weighted by molar-refractivity contribution is 5.97. The number of nitrogens with zero attached hydrogens (tertiary/aromatic N) is 3. The maximum atomic E-state index is 12.4. The van der Waals surface area contributed by atoms with Gasteiger partial charge in [-0.1, -0.05) is 5.16 Å². The lowest BCUT2D eigenvalue weighted by Crippen LogP contribution is -2.51. The van der Waals surface area contributed by atoms with Gasteiger partial charge in [-0.3, -0.25) is 4.79 Å². The smallest absolute Gasteiger partial charge is 0.257 e. The monoisotopic (exact) mass is 296 g/mol. The van der Waals surface area contributed by atoms with Crippen molar-refractivity contribution < 1.29 is 9.32 Å². The second-order valence-electron chi connectivity index (χ2n) is 4.95. The van der Waals surface area contributed by atoms with E-state index in [0.29, 0.717) is 17.3 Å². The maximum Gasteiger partial charge on any atom is 0.257 e. The van der Waals surface area contributed by atoms with Crippen LogP contribution in [0.1, 0.15) is 23.0 Å². The van der Waals surface area contributed by atoms with Crippen LogP contribution >= 0.6 is 12.4 Å². The number of aryl methyl sites for hydroxylation is 1. The van der Waals surface area contributed by atoms with E-state index in [1.54, 1.807) is 6.20 Å². The van der Waals surface area contributed by atoms with Crippen molar-refractivity contribution in [2.75, 3.05) is 19.6 Å². The largest absolute Gasteiger partial charge is 0.336 e. The highest BCUT2D eigenvalue weighted by Crippen LogP contribution is 2.18. The molecule has 0 spiro atoms. The predicted molar refractivity (Wildman–Crippen MR) is 77.2 cm³/mol. The van der Waals surface area contributed by atoms with Gasteiger partial charge in [-0.15, -0.1) is 12.4 Å². The molecule has 1 unspecified atom stereocenters. The van der Waals surface area contributed by atoms with E-state index in [9.17, 15) is 4.79 Å². The van der Waals surface area contributed by atoms with Crippen LogP contribution in [0.3, 0.4) is 0 Å². The number of halogens is 1. The summed E-state index contributed by atoms with van der Waals surface area (Å²) in [7, 11) is 0. The second kappa shape index (κ2) is 5.76. The highest BCUT2D eigenvalue weighted by atomic mass is 35.5. The Bertz CT molecular complexity index is 628. The zero-order valence-corrected chi connectivity index (χ0v) is 12.2. The zero-order chi connectivity index (χ0) is 13.4. The van der Waals surface area contributed by atoms with Crippen molar-refractivity contribution in [3.05, 3.63) is 23.5 Å². The minimum absolute atomic E-state index is 0. The third-order valence-corrected chi connectivity index (χ3v) is 3.41. The number of hydrogen-bond acceptors (Lipinski definition) is 5. The summed E-state index contributed by atoms with van der Waals surface area (Å²) in [5.41, 5.74) is 1.82. The van der Waals surface area contributed by atoms with Gasteiger partial charge >= 0.3 is 0 Å². The van der Waals surface area contributed by atoms with Crippen molar-refractivity contribution in [2.24, 2.45) is 0 Å². The van der Waals surface area contributed by atoms with Crippen LogP contribution in [0.5, 0.6) is 0 Å². The van der Waals surface area contributed by atoms with Gasteiger partial charge in [0.05, 0.1) is 16.6 Å². The topological polar surface area (TPSA) is 71.3 Å². The predicted octanol–water partition coefficient (Wildman–Crippen LogP) is 1.39. The fourth-order valence-electron chi connectivity index (χ4n) is 2.36. The Morgan fingerprint density at radius 3 is 3.10 bits per heavy atom. The van der Waals surface area contributed by atoms with Crippen molar-refractivity contribution in [2.45, 2.75) is 19.9 Å².